The Morgan fingerprint density at radius 2 is 1.96 bits per heavy atom. The molecule has 1 aromatic rings. The molecule has 4 nitrogen and oxygen atoms in total. The smallest absolute Gasteiger partial charge is 0.224 e. The van der Waals surface area contributed by atoms with Crippen molar-refractivity contribution in [1.29, 1.82) is 0 Å². The maximum absolute atomic E-state index is 12.6. The number of rotatable bonds is 4. The van der Waals surface area contributed by atoms with E-state index < -0.39 is 0 Å². The van der Waals surface area contributed by atoms with Crippen LogP contribution in [0.15, 0.2) is 24.3 Å². The number of piperazine rings is 1. The van der Waals surface area contributed by atoms with Gasteiger partial charge in [0.1, 0.15) is 0 Å². The Kier molecular flexibility index (Phi) is 6.14. The molecule has 0 bridgehead atoms. The molecular weight excluding hydrogens is 322 g/mol. The lowest BCUT2D eigenvalue weighted by atomic mass is 9.99. The van der Waals surface area contributed by atoms with Gasteiger partial charge >= 0.3 is 0 Å². The summed E-state index contributed by atoms with van der Waals surface area (Å²) in [6.45, 7) is 5.61. The lowest BCUT2D eigenvalue weighted by Crippen LogP contribution is -2.50. The Hall–Kier alpha value is -1.10. The minimum atomic E-state index is 0.330. The summed E-state index contributed by atoms with van der Waals surface area (Å²) >= 11 is 6.06. The van der Waals surface area contributed by atoms with Crippen LogP contribution >= 0.6 is 11.6 Å². The molecule has 2 aliphatic heterocycles. The average Bonchev–Trinajstić information content (AvgIpc) is 2.57. The number of carbonyl (C=O) groups excluding carboxylic acids is 1. The second-order valence-corrected chi connectivity index (χ2v) is 7.56. The highest BCUT2D eigenvalue weighted by molar-refractivity contribution is 6.30. The number of halogens is 1. The van der Waals surface area contributed by atoms with E-state index in [1.54, 1.807) is 0 Å². The normalized spacial score (nSPS) is 23.4. The van der Waals surface area contributed by atoms with Crippen LogP contribution < -0.4 is 0 Å². The molecule has 2 fully saturated rings. The monoisotopic (exact) mass is 349 g/mol. The van der Waals surface area contributed by atoms with E-state index in [0.717, 1.165) is 50.7 Å². The minimum absolute atomic E-state index is 0.330. The number of nitrogens with zero attached hydrogens (tertiary/aromatic N) is 3. The Morgan fingerprint density at radius 1 is 1.17 bits per heavy atom. The molecule has 5 heteroatoms. The van der Waals surface area contributed by atoms with E-state index in [2.05, 4.69) is 27.8 Å². The molecule has 0 aromatic heterocycles. The van der Waals surface area contributed by atoms with Crippen molar-refractivity contribution in [3.63, 3.8) is 0 Å². The van der Waals surface area contributed by atoms with Gasteiger partial charge in [-0.2, -0.15) is 0 Å². The molecule has 3 rings (SSSR count). The van der Waals surface area contributed by atoms with Gasteiger partial charge in [-0.05, 0) is 44.1 Å². The topological polar surface area (TPSA) is 26.8 Å². The molecule has 1 amide bonds. The highest BCUT2D eigenvalue weighted by Crippen LogP contribution is 2.19. The van der Waals surface area contributed by atoms with Gasteiger partial charge in [0.05, 0.1) is 0 Å². The van der Waals surface area contributed by atoms with E-state index in [0.29, 0.717) is 18.4 Å². The zero-order valence-corrected chi connectivity index (χ0v) is 15.3. The van der Waals surface area contributed by atoms with Crippen LogP contribution in [0.1, 0.15) is 31.2 Å². The van der Waals surface area contributed by atoms with E-state index in [9.17, 15) is 4.79 Å². The molecule has 1 unspecified atom stereocenters. The van der Waals surface area contributed by atoms with Crippen LogP contribution in [0, 0.1) is 0 Å². The summed E-state index contributed by atoms with van der Waals surface area (Å²) in [6, 6.07) is 8.48. The largest absolute Gasteiger partial charge is 0.340 e. The third-order valence-electron chi connectivity index (χ3n) is 5.35. The van der Waals surface area contributed by atoms with E-state index in [-0.39, 0.29) is 0 Å². The molecule has 0 N–H and O–H groups in total. The molecule has 0 saturated carbocycles. The van der Waals surface area contributed by atoms with E-state index in [1.807, 2.05) is 18.2 Å². The second kappa shape index (κ2) is 8.32. The van der Waals surface area contributed by atoms with Gasteiger partial charge in [0.25, 0.3) is 0 Å². The predicted molar refractivity (Wildman–Crippen MR) is 98.2 cm³/mol. The van der Waals surface area contributed by atoms with Gasteiger partial charge in [-0.25, -0.2) is 0 Å². The second-order valence-electron chi connectivity index (χ2n) is 7.12. The number of carbonyl (C=O) groups is 1. The first kappa shape index (κ1) is 17.7. The molecule has 0 spiro atoms. The standard InChI is InChI=1S/C19H28ClN3O/c1-21-8-3-2-7-18(21)14-19(24)23-11-9-22(10-12-23)15-16-5-4-6-17(20)13-16/h4-6,13,18H,2-3,7-12,14-15H2,1H3. The van der Waals surface area contributed by atoms with Gasteiger partial charge in [-0.15, -0.1) is 0 Å². The lowest BCUT2D eigenvalue weighted by Gasteiger charge is -2.37. The van der Waals surface area contributed by atoms with Gasteiger partial charge in [0, 0.05) is 50.2 Å². The lowest BCUT2D eigenvalue weighted by molar-refractivity contribution is -0.134. The predicted octanol–water partition coefficient (Wildman–Crippen LogP) is 2.86. The first-order valence-corrected chi connectivity index (χ1v) is 9.44. The molecule has 132 valence electrons. The Balaban J connectivity index is 1.45. The maximum Gasteiger partial charge on any atom is 0.224 e. The zero-order chi connectivity index (χ0) is 16.9. The summed E-state index contributed by atoms with van der Waals surface area (Å²) in [6.07, 6.45) is 4.38. The molecule has 2 heterocycles. The van der Waals surface area contributed by atoms with Crippen molar-refractivity contribution in [2.75, 3.05) is 39.8 Å². The molecule has 24 heavy (non-hydrogen) atoms. The van der Waals surface area contributed by atoms with Crippen LogP contribution in [0.4, 0.5) is 0 Å². The number of likely N-dealkylation sites (tertiary alicyclic amines) is 1. The van der Waals surface area contributed by atoms with Crippen molar-refractivity contribution < 1.29 is 4.79 Å². The molecule has 1 atom stereocenters. The maximum atomic E-state index is 12.6. The van der Waals surface area contributed by atoms with Crippen molar-refractivity contribution in [2.24, 2.45) is 0 Å². The number of benzene rings is 1. The summed E-state index contributed by atoms with van der Waals surface area (Å²) in [5, 5.41) is 0.790. The molecular formula is C19H28ClN3O. The van der Waals surface area contributed by atoms with Crippen molar-refractivity contribution in [2.45, 2.75) is 38.3 Å². The summed E-state index contributed by atoms with van der Waals surface area (Å²) < 4.78 is 0. The first-order valence-electron chi connectivity index (χ1n) is 9.06. The highest BCUT2D eigenvalue weighted by atomic mass is 35.5. The SMILES string of the molecule is CN1CCCCC1CC(=O)N1CCN(Cc2cccc(Cl)c2)CC1. The van der Waals surface area contributed by atoms with Crippen LogP contribution in [0.3, 0.4) is 0 Å². The van der Waals surface area contributed by atoms with Crippen molar-refractivity contribution in [3.8, 4) is 0 Å². The van der Waals surface area contributed by atoms with Gasteiger partial charge in [-0.3, -0.25) is 9.69 Å². The fraction of sp³-hybridized carbons (Fsp3) is 0.632. The number of hydrogen-bond acceptors (Lipinski definition) is 3. The summed E-state index contributed by atoms with van der Waals surface area (Å²) in [5.41, 5.74) is 1.24. The quantitative estimate of drug-likeness (QED) is 0.836. The fourth-order valence-corrected chi connectivity index (χ4v) is 3.99. The molecule has 1 aromatic carbocycles. The van der Waals surface area contributed by atoms with Gasteiger partial charge in [0.15, 0.2) is 0 Å². The molecule has 2 aliphatic rings. The van der Waals surface area contributed by atoms with Crippen molar-refractivity contribution >= 4 is 17.5 Å². The zero-order valence-electron chi connectivity index (χ0n) is 14.6. The Morgan fingerprint density at radius 3 is 2.67 bits per heavy atom. The van der Waals surface area contributed by atoms with Crippen LogP contribution in [-0.4, -0.2) is 66.4 Å². The van der Waals surface area contributed by atoms with Crippen LogP contribution in [0.25, 0.3) is 0 Å². The van der Waals surface area contributed by atoms with E-state index in [4.69, 9.17) is 11.6 Å². The third-order valence-corrected chi connectivity index (χ3v) is 5.59. The van der Waals surface area contributed by atoms with Gasteiger partial charge in [0.2, 0.25) is 5.91 Å². The van der Waals surface area contributed by atoms with Crippen LogP contribution in [0.5, 0.6) is 0 Å². The van der Waals surface area contributed by atoms with Crippen molar-refractivity contribution in [3.05, 3.63) is 34.9 Å². The van der Waals surface area contributed by atoms with E-state index in [1.165, 1.54) is 18.4 Å². The molecule has 0 aliphatic carbocycles. The molecule has 2 saturated heterocycles. The third kappa shape index (κ3) is 4.71. The molecule has 0 radical (unpaired) electrons. The number of hydrogen-bond donors (Lipinski definition) is 0. The fourth-order valence-electron chi connectivity index (χ4n) is 3.78. The van der Waals surface area contributed by atoms with Crippen molar-refractivity contribution in [1.82, 2.24) is 14.7 Å². The Bertz CT molecular complexity index is 557. The first-order chi connectivity index (χ1) is 11.6. The van der Waals surface area contributed by atoms with Gasteiger partial charge in [-0.1, -0.05) is 30.2 Å². The van der Waals surface area contributed by atoms with Gasteiger partial charge < -0.3 is 9.80 Å². The number of piperidine rings is 1. The summed E-state index contributed by atoms with van der Waals surface area (Å²) in [4.78, 5) is 19.4. The van der Waals surface area contributed by atoms with E-state index >= 15 is 0 Å². The number of amides is 1. The Labute approximate surface area is 150 Å². The van der Waals surface area contributed by atoms with Crippen LogP contribution in [0.2, 0.25) is 5.02 Å². The highest BCUT2D eigenvalue weighted by Gasteiger charge is 2.26. The average molecular weight is 350 g/mol. The van der Waals surface area contributed by atoms with Crippen LogP contribution in [-0.2, 0) is 11.3 Å². The summed E-state index contributed by atoms with van der Waals surface area (Å²) in [7, 11) is 2.15. The summed E-state index contributed by atoms with van der Waals surface area (Å²) in [5.74, 6) is 0.330. The minimum Gasteiger partial charge on any atom is -0.340 e.